The van der Waals surface area contributed by atoms with Crippen LogP contribution in [-0.4, -0.2) is 71.0 Å². The highest BCUT2D eigenvalue weighted by Gasteiger charge is 2.46. The monoisotopic (exact) mass is 658 g/mol. The molecule has 1 aliphatic carbocycles. The summed E-state index contributed by atoms with van der Waals surface area (Å²) in [6.45, 7) is 11.4. The van der Waals surface area contributed by atoms with Crippen LogP contribution in [0.25, 0.3) is 0 Å². The maximum atomic E-state index is 13.7. The number of hydrogen-bond acceptors (Lipinski definition) is 7. The highest BCUT2D eigenvalue weighted by Crippen LogP contribution is 2.48. The van der Waals surface area contributed by atoms with E-state index in [2.05, 4.69) is 73.6 Å². The molecular weight excluding hydrogens is 607 g/mol. The molecule has 3 heterocycles. The van der Waals surface area contributed by atoms with Gasteiger partial charge in [0.25, 0.3) is 5.91 Å². The fourth-order valence-electron chi connectivity index (χ4n) is 7.14. The van der Waals surface area contributed by atoms with Crippen LogP contribution in [0.4, 0.5) is 4.39 Å². The van der Waals surface area contributed by atoms with Gasteiger partial charge in [-0.25, -0.2) is 9.37 Å². The van der Waals surface area contributed by atoms with Crippen molar-refractivity contribution in [2.24, 2.45) is 5.41 Å². The first-order valence-corrected chi connectivity index (χ1v) is 17.5. The second-order valence-corrected chi connectivity index (χ2v) is 15.4. The Balaban J connectivity index is 1.15. The van der Waals surface area contributed by atoms with Gasteiger partial charge in [-0.3, -0.25) is 9.69 Å². The molecule has 6 rings (SSSR count). The number of benzene rings is 2. The van der Waals surface area contributed by atoms with Crippen LogP contribution in [0.5, 0.6) is 5.88 Å². The third kappa shape index (κ3) is 8.80. The van der Waals surface area contributed by atoms with Crippen molar-refractivity contribution in [1.29, 1.82) is 0 Å². The van der Waals surface area contributed by atoms with E-state index in [4.69, 9.17) is 14.5 Å². The van der Waals surface area contributed by atoms with Gasteiger partial charge in [-0.2, -0.15) is 0 Å². The summed E-state index contributed by atoms with van der Waals surface area (Å²) in [4.78, 5) is 20.7. The van der Waals surface area contributed by atoms with Crippen molar-refractivity contribution >= 4 is 5.91 Å². The molecule has 0 radical (unpaired) electrons. The number of carbonyl (C=O) groups is 1. The van der Waals surface area contributed by atoms with Gasteiger partial charge in [-0.15, -0.1) is 0 Å². The molecule has 1 aromatic heterocycles. The molecule has 3 N–H and O–H groups in total. The minimum atomic E-state index is -0.916. The highest BCUT2D eigenvalue weighted by molar-refractivity contribution is 5.81. The first-order chi connectivity index (χ1) is 22.9. The second kappa shape index (κ2) is 14.6. The lowest BCUT2D eigenvalue weighted by molar-refractivity contribution is -0.140. The summed E-state index contributed by atoms with van der Waals surface area (Å²) in [5, 5.41) is 18.4. The molecule has 3 aliphatic rings. The Kier molecular flexibility index (Phi) is 10.5. The predicted octanol–water partition coefficient (Wildman–Crippen LogP) is 5.44. The molecule has 1 spiro atoms. The first kappa shape index (κ1) is 34.5. The van der Waals surface area contributed by atoms with Crippen molar-refractivity contribution in [2.75, 3.05) is 26.2 Å². The van der Waals surface area contributed by atoms with Gasteiger partial charge in [0, 0.05) is 50.4 Å². The number of aromatic nitrogens is 1. The van der Waals surface area contributed by atoms with Gasteiger partial charge >= 0.3 is 0 Å². The lowest BCUT2D eigenvalue weighted by Crippen LogP contribution is -2.56. The van der Waals surface area contributed by atoms with Gasteiger partial charge in [0.15, 0.2) is 0 Å². The van der Waals surface area contributed by atoms with E-state index in [0.29, 0.717) is 25.5 Å². The van der Waals surface area contributed by atoms with Crippen molar-refractivity contribution in [1.82, 2.24) is 20.5 Å². The van der Waals surface area contributed by atoms with Crippen LogP contribution in [-0.2, 0) is 28.9 Å². The number of rotatable bonds is 11. The van der Waals surface area contributed by atoms with E-state index in [1.807, 2.05) is 6.20 Å². The summed E-state index contributed by atoms with van der Waals surface area (Å²) < 4.78 is 26.1. The van der Waals surface area contributed by atoms with E-state index in [1.54, 1.807) is 12.1 Å². The van der Waals surface area contributed by atoms with Crippen molar-refractivity contribution in [3.63, 3.8) is 0 Å². The van der Waals surface area contributed by atoms with Crippen LogP contribution in [0.2, 0.25) is 0 Å². The molecule has 0 unspecified atom stereocenters. The standard InChI is InChI=1S/C39H51FN4O4/c1-26-6-8-28(9-7-26)24-44-16-17-47-35(25-44)36(46)43-32(19-27-10-12-30(40)13-11-27)34(45)23-41-33-21-39(14-5-15-39)48-37-31(33)18-29(22-42-37)20-38(2,3)4/h6-13,18,22,32-35,41,45H,5,14-17,19-21,23-25H2,1-4H3,(H,43,46)/t32-,33-,34+,35+/m0/s1. The summed E-state index contributed by atoms with van der Waals surface area (Å²) in [6.07, 6.45) is 5.50. The third-order valence-electron chi connectivity index (χ3n) is 9.90. The van der Waals surface area contributed by atoms with Crippen molar-refractivity contribution in [2.45, 2.75) is 103 Å². The molecule has 258 valence electrons. The summed E-state index contributed by atoms with van der Waals surface area (Å²) >= 11 is 0. The zero-order chi connectivity index (χ0) is 33.9. The highest BCUT2D eigenvalue weighted by atomic mass is 19.1. The molecule has 0 bridgehead atoms. The Bertz CT molecular complexity index is 1540. The number of halogens is 1. The molecule has 9 heteroatoms. The van der Waals surface area contributed by atoms with Crippen molar-refractivity contribution in [3.05, 3.63) is 94.4 Å². The molecule has 1 amide bonds. The van der Waals surface area contributed by atoms with E-state index in [0.717, 1.165) is 61.9 Å². The Morgan fingerprint density at radius 2 is 1.83 bits per heavy atom. The lowest BCUT2D eigenvalue weighted by atomic mass is 9.73. The molecule has 2 aromatic carbocycles. The van der Waals surface area contributed by atoms with E-state index in [1.165, 1.54) is 23.3 Å². The summed E-state index contributed by atoms with van der Waals surface area (Å²) in [6, 6.07) is 16.2. The van der Waals surface area contributed by atoms with Crippen molar-refractivity contribution in [3.8, 4) is 5.88 Å². The SMILES string of the molecule is Cc1ccc(CN2CCO[C@@H](C(=O)N[C@@H](Cc3ccc(F)cc3)[C@H](O)CN[C@H]3CC4(CCC4)Oc4ncc(CC(C)(C)C)cc43)C2)cc1. The zero-order valence-corrected chi connectivity index (χ0v) is 28.8. The maximum absolute atomic E-state index is 13.7. The van der Waals surface area contributed by atoms with E-state index in [-0.39, 0.29) is 35.3 Å². The minimum Gasteiger partial charge on any atom is -0.471 e. The Labute approximate surface area is 284 Å². The number of morpholine rings is 1. The second-order valence-electron chi connectivity index (χ2n) is 15.4. The number of pyridine rings is 1. The number of hydrogen-bond donors (Lipinski definition) is 3. The summed E-state index contributed by atoms with van der Waals surface area (Å²) in [5.74, 6) is 0.0930. The number of fused-ring (bicyclic) bond motifs is 1. The number of nitrogens with one attached hydrogen (secondary N) is 2. The lowest BCUT2D eigenvalue weighted by Gasteiger charge is -2.47. The first-order valence-electron chi connectivity index (χ1n) is 17.5. The molecule has 3 aromatic rings. The maximum Gasteiger partial charge on any atom is 0.250 e. The van der Waals surface area contributed by atoms with Crippen LogP contribution in [0.1, 0.15) is 80.3 Å². The van der Waals surface area contributed by atoms with Gasteiger partial charge in [0.05, 0.1) is 18.8 Å². The third-order valence-corrected chi connectivity index (χ3v) is 9.90. The van der Waals surface area contributed by atoms with Crippen LogP contribution in [0, 0.1) is 18.2 Å². The van der Waals surface area contributed by atoms with Gasteiger partial charge in [-0.1, -0.05) is 62.7 Å². The van der Waals surface area contributed by atoms with Crippen LogP contribution >= 0.6 is 0 Å². The number of aliphatic hydroxyl groups is 1. The fraction of sp³-hybridized carbons (Fsp3) is 0.538. The largest absolute Gasteiger partial charge is 0.471 e. The molecule has 4 atom stereocenters. The van der Waals surface area contributed by atoms with E-state index >= 15 is 0 Å². The van der Waals surface area contributed by atoms with Gasteiger partial charge in [0.2, 0.25) is 5.88 Å². The van der Waals surface area contributed by atoms with Gasteiger partial charge in [0.1, 0.15) is 17.5 Å². The van der Waals surface area contributed by atoms with Gasteiger partial charge in [-0.05, 0) is 79.3 Å². The number of amides is 1. The molecule has 2 fully saturated rings. The van der Waals surface area contributed by atoms with Crippen LogP contribution < -0.4 is 15.4 Å². The number of aliphatic hydroxyl groups excluding tert-OH is 1. The Hall–Kier alpha value is -3.37. The number of ether oxygens (including phenoxy) is 2. The molecule has 48 heavy (non-hydrogen) atoms. The minimum absolute atomic E-state index is 0.0460. The number of nitrogens with zero attached hydrogens (tertiary/aromatic N) is 2. The molecule has 1 saturated carbocycles. The summed E-state index contributed by atoms with van der Waals surface area (Å²) in [7, 11) is 0. The number of carbonyl (C=O) groups excluding carboxylic acids is 1. The zero-order valence-electron chi connectivity index (χ0n) is 28.8. The predicted molar refractivity (Wildman–Crippen MR) is 184 cm³/mol. The average Bonchev–Trinajstić information content (AvgIpc) is 3.04. The fourth-order valence-corrected chi connectivity index (χ4v) is 7.14. The topological polar surface area (TPSA) is 96.0 Å². The number of aryl methyl sites for hydroxylation is 1. The molecular formula is C39H51FN4O4. The van der Waals surface area contributed by atoms with Crippen molar-refractivity contribution < 1.29 is 23.8 Å². The molecule has 2 aliphatic heterocycles. The van der Waals surface area contributed by atoms with Crippen LogP contribution in [0.15, 0.2) is 60.8 Å². The average molecular weight is 659 g/mol. The Morgan fingerprint density at radius 3 is 2.52 bits per heavy atom. The van der Waals surface area contributed by atoms with Gasteiger partial charge < -0.3 is 25.2 Å². The Morgan fingerprint density at radius 1 is 1.10 bits per heavy atom. The van der Waals surface area contributed by atoms with Crippen LogP contribution in [0.3, 0.4) is 0 Å². The van der Waals surface area contributed by atoms with E-state index in [9.17, 15) is 14.3 Å². The summed E-state index contributed by atoms with van der Waals surface area (Å²) in [5.41, 5.74) is 5.30. The smallest absolute Gasteiger partial charge is 0.250 e. The normalized spacial score (nSPS) is 21.9. The van der Waals surface area contributed by atoms with E-state index < -0.39 is 18.2 Å². The quantitative estimate of drug-likeness (QED) is 0.253. The molecule has 1 saturated heterocycles. The molecule has 8 nitrogen and oxygen atoms in total.